The van der Waals surface area contributed by atoms with Crippen LogP contribution in [0, 0.1) is 13.8 Å². The number of carbonyl (C=O) groups excluding carboxylic acids is 1. The number of nitrogens with zero attached hydrogens (tertiary/aromatic N) is 4. The Morgan fingerprint density at radius 1 is 0.582 bits per heavy atom. The molecule has 0 aliphatic rings. The summed E-state index contributed by atoms with van der Waals surface area (Å²) in [5, 5.41) is 11.5. The average Bonchev–Trinajstić information content (AvgIpc) is 3.13. The van der Waals surface area contributed by atoms with Crippen LogP contribution in [0.25, 0.3) is 22.5 Å². The van der Waals surface area contributed by atoms with E-state index in [1.54, 1.807) is 12.1 Å². The summed E-state index contributed by atoms with van der Waals surface area (Å²) in [4.78, 5) is 40.1. The lowest BCUT2D eigenvalue weighted by Gasteiger charge is -2.09. The largest absolute Gasteiger partial charge is 0.476 e. The molecule has 0 spiro atoms. The molecule has 17 heteroatoms. The van der Waals surface area contributed by atoms with E-state index in [-0.39, 0.29) is 27.9 Å². The van der Waals surface area contributed by atoms with Crippen molar-refractivity contribution in [2.24, 2.45) is 0 Å². The number of anilines is 4. The molecule has 55 heavy (non-hydrogen) atoms. The minimum absolute atomic E-state index is 0.000245. The van der Waals surface area contributed by atoms with E-state index in [9.17, 15) is 26.4 Å². The monoisotopic (exact) mass is 782 g/mol. The Morgan fingerprint density at radius 2 is 0.964 bits per heavy atom. The highest BCUT2D eigenvalue weighted by Gasteiger charge is 2.16. The van der Waals surface area contributed by atoms with E-state index in [2.05, 4.69) is 25.3 Å². The Labute approximate surface area is 318 Å². The van der Waals surface area contributed by atoms with Gasteiger partial charge in [0.15, 0.2) is 42.7 Å². The smallest absolute Gasteiger partial charge is 0.358 e. The molecule has 2 aromatic heterocycles. The summed E-state index contributed by atoms with van der Waals surface area (Å²) in [6.07, 6.45) is 5.26. The fourth-order valence-corrected chi connectivity index (χ4v) is 5.80. The second-order valence-electron chi connectivity index (χ2n) is 12.1. The Balaban J connectivity index is 0.000000204. The van der Waals surface area contributed by atoms with E-state index in [0.29, 0.717) is 27.7 Å². The molecule has 0 saturated carbocycles. The second-order valence-corrected chi connectivity index (χ2v) is 16.1. The number of hydrogen-bond donors (Lipinski definition) is 5. The predicted molar refractivity (Wildman–Crippen MR) is 212 cm³/mol. The van der Waals surface area contributed by atoms with Gasteiger partial charge in [0, 0.05) is 35.0 Å². The van der Waals surface area contributed by atoms with Crippen molar-refractivity contribution in [2.45, 2.75) is 23.6 Å². The van der Waals surface area contributed by atoms with Crippen molar-refractivity contribution in [2.75, 3.05) is 35.0 Å². The van der Waals surface area contributed by atoms with Crippen LogP contribution in [0.5, 0.6) is 0 Å². The third kappa shape index (κ3) is 11.6. The first kappa shape index (κ1) is 41.0. The number of benzene rings is 4. The Hall–Kier alpha value is -6.72. The molecule has 0 radical (unpaired) electrons. The van der Waals surface area contributed by atoms with E-state index in [0.717, 1.165) is 28.5 Å². The molecule has 284 valence electrons. The van der Waals surface area contributed by atoms with Crippen molar-refractivity contribution >= 4 is 54.6 Å². The van der Waals surface area contributed by atoms with E-state index in [1.165, 1.54) is 55.0 Å². The standard InChI is InChI=1S/C19H18N4O3S.C12H11N3O2.C7H9NO2S/c1-12-3-5-13(6-4-12)16-11-21-18(20)17(23-16)19(24)22-14-7-9-15(10-8-14)27(2,25)26;1-7-2-4-8(5-3-7)9-6-14-11(13)10(15-9)12(16)17;1-11(9,10)7-4-2-6(8)3-5-7/h3-11H,1-2H3,(H2,20,21)(H,22,24);2-6H,1H3,(H2,13,14)(H,16,17);2-5H,8H2,1H3. The molecule has 0 unspecified atom stereocenters. The van der Waals surface area contributed by atoms with Gasteiger partial charge in [-0.1, -0.05) is 59.7 Å². The van der Waals surface area contributed by atoms with Crippen LogP contribution in [0.1, 0.15) is 32.1 Å². The lowest BCUT2D eigenvalue weighted by Crippen LogP contribution is -2.17. The molecule has 0 atom stereocenters. The molecule has 2 heterocycles. The van der Waals surface area contributed by atoms with Gasteiger partial charge in [0.05, 0.1) is 33.6 Å². The molecule has 0 bridgehead atoms. The van der Waals surface area contributed by atoms with Gasteiger partial charge in [-0.15, -0.1) is 0 Å². The maximum absolute atomic E-state index is 12.5. The van der Waals surface area contributed by atoms with Crippen LogP contribution in [0.4, 0.5) is 23.0 Å². The Bertz CT molecular complexity index is 2530. The van der Waals surface area contributed by atoms with Gasteiger partial charge in [-0.25, -0.2) is 41.6 Å². The third-order valence-electron chi connectivity index (χ3n) is 7.56. The SMILES string of the molecule is CS(=O)(=O)c1ccc(N)cc1.Cc1ccc(-c2cnc(N)c(C(=O)Nc3ccc(S(C)(=O)=O)cc3)n2)cc1.Cc1ccc(-c2cnc(N)c(C(=O)O)n2)cc1. The fourth-order valence-electron chi connectivity index (χ4n) is 4.54. The number of amides is 1. The van der Waals surface area contributed by atoms with Gasteiger partial charge < -0.3 is 27.6 Å². The van der Waals surface area contributed by atoms with Crippen molar-refractivity contribution in [3.05, 3.63) is 132 Å². The zero-order valence-corrected chi connectivity index (χ0v) is 31.8. The number of aryl methyl sites for hydroxylation is 2. The van der Waals surface area contributed by atoms with Gasteiger partial charge in [-0.3, -0.25) is 4.79 Å². The number of nitrogens with two attached hydrogens (primary N) is 3. The molecule has 0 saturated heterocycles. The summed E-state index contributed by atoms with van der Waals surface area (Å²) in [6, 6.07) is 27.2. The number of nitrogen functional groups attached to an aromatic ring is 3. The summed E-state index contributed by atoms with van der Waals surface area (Å²) in [6.45, 7) is 3.95. The highest BCUT2D eigenvalue weighted by molar-refractivity contribution is 7.91. The van der Waals surface area contributed by atoms with Gasteiger partial charge in [0.25, 0.3) is 5.91 Å². The number of carboxylic acids is 1. The third-order valence-corrected chi connectivity index (χ3v) is 9.82. The van der Waals surface area contributed by atoms with Gasteiger partial charge in [0.1, 0.15) is 0 Å². The van der Waals surface area contributed by atoms with E-state index in [4.69, 9.17) is 22.3 Å². The van der Waals surface area contributed by atoms with Crippen LogP contribution in [0.15, 0.2) is 119 Å². The van der Waals surface area contributed by atoms with Crippen molar-refractivity contribution in [1.82, 2.24) is 19.9 Å². The first-order valence-electron chi connectivity index (χ1n) is 16.1. The van der Waals surface area contributed by atoms with Gasteiger partial charge in [-0.2, -0.15) is 0 Å². The first-order valence-corrected chi connectivity index (χ1v) is 19.9. The molecule has 0 aliphatic carbocycles. The summed E-state index contributed by atoms with van der Waals surface area (Å²) in [7, 11) is -6.38. The van der Waals surface area contributed by atoms with Crippen molar-refractivity contribution in [1.29, 1.82) is 0 Å². The summed E-state index contributed by atoms with van der Waals surface area (Å²) in [5.74, 6) is -1.77. The van der Waals surface area contributed by atoms with Crippen LogP contribution in [0.2, 0.25) is 0 Å². The molecule has 6 rings (SSSR count). The lowest BCUT2D eigenvalue weighted by atomic mass is 10.1. The van der Waals surface area contributed by atoms with Crippen LogP contribution >= 0.6 is 0 Å². The molecule has 8 N–H and O–H groups in total. The second kappa shape index (κ2) is 17.4. The highest BCUT2D eigenvalue weighted by atomic mass is 32.2. The molecule has 6 aromatic rings. The number of sulfone groups is 2. The lowest BCUT2D eigenvalue weighted by molar-refractivity contribution is 0.0691. The predicted octanol–water partition coefficient (Wildman–Crippen LogP) is 5.09. The van der Waals surface area contributed by atoms with Crippen LogP contribution < -0.4 is 22.5 Å². The molecule has 1 amide bonds. The van der Waals surface area contributed by atoms with E-state index < -0.39 is 31.6 Å². The molecular formula is C38H38N8O7S2. The Morgan fingerprint density at radius 3 is 1.36 bits per heavy atom. The molecule has 0 aliphatic heterocycles. The molecule has 15 nitrogen and oxygen atoms in total. The average molecular weight is 783 g/mol. The first-order chi connectivity index (χ1) is 25.8. The molecule has 4 aromatic carbocycles. The summed E-state index contributed by atoms with van der Waals surface area (Å²) >= 11 is 0. The quantitative estimate of drug-likeness (QED) is 0.132. The maximum Gasteiger partial charge on any atom is 0.358 e. The van der Waals surface area contributed by atoms with E-state index >= 15 is 0 Å². The number of rotatable bonds is 7. The topological polar surface area (TPSA) is 264 Å². The van der Waals surface area contributed by atoms with Gasteiger partial charge in [0.2, 0.25) is 0 Å². The van der Waals surface area contributed by atoms with E-state index in [1.807, 2.05) is 62.4 Å². The zero-order chi connectivity index (χ0) is 40.5. The van der Waals surface area contributed by atoms with Crippen molar-refractivity contribution < 1.29 is 31.5 Å². The fraction of sp³-hybridized carbons (Fsp3) is 0.105. The Kier molecular flexibility index (Phi) is 13.0. The normalized spacial score (nSPS) is 10.9. The molecule has 0 fully saturated rings. The van der Waals surface area contributed by atoms with Crippen LogP contribution in [0.3, 0.4) is 0 Å². The number of hydrogen-bond acceptors (Lipinski definition) is 13. The van der Waals surface area contributed by atoms with Gasteiger partial charge >= 0.3 is 5.97 Å². The van der Waals surface area contributed by atoms with Crippen LogP contribution in [-0.2, 0) is 19.7 Å². The summed E-state index contributed by atoms with van der Waals surface area (Å²) in [5.41, 5.74) is 22.3. The number of aromatic carboxylic acids is 1. The van der Waals surface area contributed by atoms with Crippen LogP contribution in [-0.4, -0.2) is 66.3 Å². The minimum Gasteiger partial charge on any atom is -0.476 e. The minimum atomic E-state index is -3.30. The number of nitrogens with one attached hydrogen (secondary N) is 1. The number of carboxylic acid groups (broad SMARTS) is 1. The zero-order valence-electron chi connectivity index (χ0n) is 30.1. The van der Waals surface area contributed by atoms with Gasteiger partial charge in [-0.05, 0) is 62.4 Å². The number of aromatic nitrogens is 4. The summed E-state index contributed by atoms with van der Waals surface area (Å²) < 4.78 is 44.8. The van der Waals surface area contributed by atoms with Crippen molar-refractivity contribution in [3.63, 3.8) is 0 Å². The number of carbonyl (C=O) groups is 2. The molecular weight excluding hydrogens is 745 g/mol. The highest BCUT2D eigenvalue weighted by Crippen LogP contribution is 2.21. The van der Waals surface area contributed by atoms with Crippen molar-refractivity contribution in [3.8, 4) is 22.5 Å². The maximum atomic E-state index is 12.5.